The van der Waals surface area contributed by atoms with Crippen LogP contribution in [0.2, 0.25) is 0 Å². The van der Waals surface area contributed by atoms with E-state index in [-0.39, 0.29) is 41.8 Å². The van der Waals surface area contributed by atoms with E-state index in [1.54, 1.807) is 19.0 Å². The maximum Gasteiger partial charge on any atom is 0.363 e. The summed E-state index contributed by atoms with van der Waals surface area (Å²) in [6.45, 7) is 19.0. The fourth-order valence-corrected chi connectivity index (χ4v) is 4.56. The van der Waals surface area contributed by atoms with Gasteiger partial charge in [-0.2, -0.15) is 0 Å². The molecule has 2 atom stereocenters. The van der Waals surface area contributed by atoms with Crippen molar-refractivity contribution in [2.45, 2.75) is 94.4 Å². The Kier molecular flexibility index (Phi) is 13.2. The predicted octanol–water partition coefficient (Wildman–Crippen LogP) is 5.05. The molecular formula is C29H52N2O7. The topological polar surface area (TPSA) is 123 Å². The molecule has 9 heteroatoms. The molecule has 0 aliphatic heterocycles. The Balaban J connectivity index is 5.29. The Bertz CT molecular complexity index is 855. The van der Waals surface area contributed by atoms with Gasteiger partial charge in [0.25, 0.3) is 0 Å². The van der Waals surface area contributed by atoms with Crippen LogP contribution in [0.3, 0.4) is 0 Å². The number of hydrogen-bond donors (Lipinski definition) is 1. The van der Waals surface area contributed by atoms with Gasteiger partial charge < -0.3 is 19.1 Å². The zero-order chi connectivity index (χ0) is 30.1. The predicted molar refractivity (Wildman–Crippen MR) is 148 cm³/mol. The van der Waals surface area contributed by atoms with Crippen molar-refractivity contribution in [3.63, 3.8) is 0 Å². The summed E-state index contributed by atoms with van der Waals surface area (Å²) in [6, 6.07) is 0. The Hall–Kier alpha value is -2.45. The van der Waals surface area contributed by atoms with Crippen LogP contribution < -0.4 is 0 Å². The van der Waals surface area contributed by atoms with Gasteiger partial charge in [0, 0.05) is 20.0 Å². The number of amides is 1. The molecule has 2 unspecified atom stereocenters. The molecular weight excluding hydrogens is 488 g/mol. The average molecular weight is 541 g/mol. The summed E-state index contributed by atoms with van der Waals surface area (Å²) in [7, 11) is 4.66. The number of rotatable bonds is 15. The number of carbonyl (C=O) groups is 4. The van der Waals surface area contributed by atoms with Gasteiger partial charge in [-0.3, -0.25) is 15.0 Å². The number of nitrogens with one attached hydrogen (secondary N) is 1. The molecule has 0 aliphatic rings. The second kappa shape index (κ2) is 14.1. The minimum Gasteiger partial charge on any atom is -0.465 e. The van der Waals surface area contributed by atoms with Crippen LogP contribution >= 0.6 is 0 Å². The first-order valence-electron chi connectivity index (χ1n) is 13.4. The van der Waals surface area contributed by atoms with Crippen molar-refractivity contribution in [3.8, 4) is 0 Å². The summed E-state index contributed by atoms with van der Waals surface area (Å²) in [5, 5.41) is 7.35. The molecule has 0 aliphatic carbocycles. The van der Waals surface area contributed by atoms with E-state index in [0.29, 0.717) is 25.7 Å². The lowest BCUT2D eigenvalue weighted by atomic mass is 9.54. The lowest BCUT2D eigenvalue weighted by Gasteiger charge is -2.51. The van der Waals surface area contributed by atoms with Crippen molar-refractivity contribution < 1.29 is 33.4 Å². The number of ether oxygens (including phenoxy) is 3. The Morgan fingerprint density at radius 1 is 0.842 bits per heavy atom. The highest BCUT2D eigenvalue weighted by Gasteiger charge is 2.51. The third-order valence-electron chi connectivity index (χ3n) is 7.87. The van der Waals surface area contributed by atoms with Gasteiger partial charge in [-0.15, -0.1) is 0 Å². The standard InChI is InChI=1S/C29H52N2O7/c1-13-29(9,25(35)38-17-15-14-16-37-24(34)21(30)23(33)36-12)19-27(5,6)28(7,8)20(18-26(2,3)4)22(32)31(10)11/h20,30H,13-19H2,1-12H3. The van der Waals surface area contributed by atoms with Crippen LogP contribution in [0.15, 0.2) is 0 Å². The van der Waals surface area contributed by atoms with E-state index in [4.69, 9.17) is 14.9 Å². The van der Waals surface area contributed by atoms with E-state index in [0.717, 1.165) is 13.5 Å². The van der Waals surface area contributed by atoms with Gasteiger partial charge in [0.1, 0.15) is 0 Å². The molecule has 0 heterocycles. The minimum absolute atomic E-state index is 0.00288. The third kappa shape index (κ3) is 10.0. The number of unbranched alkanes of at least 4 members (excludes halogenated alkanes) is 1. The first-order chi connectivity index (χ1) is 17.2. The summed E-state index contributed by atoms with van der Waals surface area (Å²) >= 11 is 0. The zero-order valence-corrected chi connectivity index (χ0v) is 25.8. The lowest BCUT2D eigenvalue weighted by molar-refractivity contribution is -0.160. The van der Waals surface area contributed by atoms with Gasteiger partial charge >= 0.3 is 17.9 Å². The molecule has 1 amide bonds. The molecule has 0 aromatic rings. The SMILES string of the molecule is CCC(C)(CC(C)(C)C(C)(C)C(CC(C)(C)C)C(=O)N(C)C)C(=O)OCCCCOC(=O)C(=N)C(=O)OC. The number of nitrogens with zero attached hydrogens (tertiary/aromatic N) is 1. The van der Waals surface area contributed by atoms with Crippen LogP contribution in [0.1, 0.15) is 94.4 Å². The number of carbonyl (C=O) groups excluding carboxylic acids is 4. The monoisotopic (exact) mass is 540 g/mol. The summed E-state index contributed by atoms with van der Waals surface area (Å²) in [4.78, 5) is 51.0. The molecule has 0 radical (unpaired) electrons. The molecule has 38 heavy (non-hydrogen) atoms. The molecule has 0 aromatic carbocycles. The number of methoxy groups -OCH3 is 1. The molecule has 1 N–H and O–H groups in total. The van der Waals surface area contributed by atoms with Gasteiger partial charge in [-0.05, 0) is 55.3 Å². The first-order valence-corrected chi connectivity index (χ1v) is 13.4. The molecule has 0 rings (SSSR count). The van der Waals surface area contributed by atoms with Crippen LogP contribution in [0, 0.1) is 33.0 Å². The van der Waals surface area contributed by atoms with Crippen molar-refractivity contribution in [2.75, 3.05) is 34.4 Å². The van der Waals surface area contributed by atoms with Crippen molar-refractivity contribution >= 4 is 29.5 Å². The normalized spacial score (nSPS) is 14.6. The van der Waals surface area contributed by atoms with E-state index < -0.39 is 28.5 Å². The highest BCUT2D eigenvalue weighted by molar-refractivity contribution is 6.61. The Labute approximate surface area is 229 Å². The summed E-state index contributed by atoms with van der Waals surface area (Å²) in [5.41, 5.74) is -2.40. The quantitative estimate of drug-likeness (QED) is 0.101. The van der Waals surface area contributed by atoms with Crippen LogP contribution in [0.25, 0.3) is 0 Å². The summed E-state index contributed by atoms with van der Waals surface area (Å²) < 4.78 is 14.8. The van der Waals surface area contributed by atoms with E-state index in [2.05, 4.69) is 53.2 Å². The number of esters is 3. The fraction of sp³-hybridized carbons (Fsp3) is 0.828. The third-order valence-corrected chi connectivity index (χ3v) is 7.87. The van der Waals surface area contributed by atoms with Crippen LogP contribution in [-0.2, 0) is 33.4 Å². The maximum absolute atomic E-state index is 13.3. The van der Waals surface area contributed by atoms with E-state index >= 15 is 0 Å². The number of hydrogen-bond acceptors (Lipinski definition) is 8. The first kappa shape index (κ1) is 35.5. The van der Waals surface area contributed by atoms with Gasteiger partial charge in [0.2, 0.25) is 11.6 Å². The van der Waals surface area contributed by atoms with Crippen LogP contribution in [0.4, 0.5) is 0 Å². The van der Waals surface area contributed by atoms with Gasteiger partial charge in [0.15, 0.2) is 0 Å². The largest absolute Gasteiger partial charge is 0.465 e. The molecule has 9 nitrogen and oxygen atoms in total. The molecule has 220 valence electrons. The lowest BCUT2D eigenvalue weighted by Crippen LogP contribution is -2.50. The average Bonchev–Trinajstić information content (AvgIpc) is 2.81. The highest BCUT2D eigenvalue weighted by Crippen LogP contribution is 2.54. The molecule has 0 fully saturated rings. The van der Waals surface area contributed by atoms with Crippen molar-refractivity contribution in [2.24, 2.45) is 27.6 Å². The molecule has 0 saturated carbocycles. The van der Waals surface area contributed by atoms with E-state index in [9.17, 15) is 19.2 Å². The van der Waals surface area contributed by atoms with Crippen molar-refractivity contribution in [3.05, 3.63) is 0 Å². The molecule has 0 saturated heterocycles. The molecule has 0 spiro atoms. The van der Waals surface area contributed by atoms with Gasteiger partial charge in [-0.25, -0.2) is 9.59 Å². The molecule has 0 bridgehead atoms. The highest BCUT2D eigenvalue weighted by atomic mass is 16.6. The Morgan fingerprint density at radius 2 is 1.34 bits per heavy atom. The second-order valence-corrected chi connectivity index (χ2v) is 13.1. The molecule has 0 aromatic heterocycles. The van der Waals surface area contributed by atoms with Crippen LogP contribution in [0.5, 0.6) is 0 Å². The van der Waals surface area contributed by atoms with E-state index in [1.165, 1.54) is 0 Å². The van der Waals surface area contributed by atoms with Crippen molar-refractivity contribution in [1.29, 1.82) is 5.41 Å². The van der Waals surface area contributed by atoms with E-state index in [1.807, 2.05) is 13.8 Å². The smallest absolute Gasteiger partial charge is 0.363 e. The van der Waals surface area contributed by atoms with Gasteiger partial charge in [-0.1, -0.05) is 55.4 Å². The summed E-state index contributed by atoms with van der Waals surface area (Å²) in [5.74, 6) is -2.51. The second-order valence-electron chi connectivity index (χ2n) is 13.1. The minimum atomic E-state index is -1.05. The fourth-order valence-electron chi connectivity index (χ4n) is 4.56. The summed E-state index contributed by atoms with van der Waals surface area (Å²) in [6.07, 6.45) is 2.75. The van der Waals surface area contributed by atoms with Gasteiger partial charge in [0.05, 0.1) is 25.7 Å². The van der Waals surface area contributed by atoms with Crippen molar-refractivity contribution in [1.82, 2.24) is 4.90 Å². The maximum atomic E-state index is 13.3. The van der Waals surface area contributed by atoms with Crippen LogP contribution in [-0.4, -0.2) is 68.8 Å². The zero-order valence-electron chi connectivity index (χ0n) is 25.8. The Morgan fingerprint density at radius 3 is 1.76 bits per heavy atom.